The number of likely N-dealkylation sites (tertiary alicyclic amines) is 1. The van der Waals surface area contributed by atoms with Crippen molar-refractivity contribution in [3.05, 3.63) is 54.6 Å². The van der Waals surface area contributed by atoms with Crippen LogP contribution in [0.3, 0.4) is 0 Å². The molecule has 1 aromatic carbocycles. The van der Waals surface area contributed by atoms with E-state index in [9.17, 15) is 19.5 Å². The number of halogens is 1. The molecule has 3 aliphatic heterocycles. The van der Waals surface area contributed by atoms with Crippen molar-refractivity contribution in [2.24, 2.45) is 17.8 Å². The third kappa shape index (κ3) is 4.41. The number of nitrogens with zero attached hydrogens (tertiary/aromatic N) is 2. The monoisotopic (exact) mass is 546 g/mol. The molecule has 9 heteroatoms. The lowest BCUT2D eigenvalue weighted by atomic mass is 9.66. The first-order valence-corrected chi connectivity index (χ1v) is 14.1. The Balaban J connectivity index is 1.82. The number of fused-ring (bicyclic) bond motifs is 1. The van der Waals surface area contributed by atoms with Crippen LogP contribution in [0, 0.1) is 17.8 Å². The van der Waals surface area contributed by atoms with Gasteiger partial charge in [0.1, 0.15) is 6.04 Å². The van der Waals surface area contributed by atoms with Crippen LogP contribution < -0.4 is 4.90 Å². The number of amides is 2. The van der Waals surface area contributed by atoms with Crippen LogP contribution in [0.2, 0.25) is 5.02 Å². The molecule has 200 valence electrons. The van der Waals surface area contributed by atoms with E-state index in [1.54, 1.807) is 58.0 Å². The van der Waals surface area contributed by atoms with E-state index in [4.69, 9.17) is 16.3 Å². The summed E-state index contributed by atoms with van der Waals surface area (Å²) in [6.45, 7) is 11.6. The predicted octanol–water partition coefficient (Wildman–Crippen LogP) is 4.09. The molecule has 2 amide bonds. The van der Waals surface area contributed by atoms with Gasteiger partial charge in [-0.25, -0.2) is 0 Å². The second-order valence-electron chi connectivity index (χ2n) is 9.98. The maximum Gasteiger partial charge on any atom is 0.310 e. The highest BCUT2D eigenvalue weighted by Gasteiger charge is 2.77. The number of para-hydroxylation sites is 1. The highest BCUT2D eigenvalue weighted by molar-refractivity contribution is 8.02. The number of carbonyl (C=O) groups excluding carboxylic acids is 3. The van der Waals surface area contributed by atoms with Gasteiger partial charge >= 0.3 is 5.97 Å². The van der Waals surface area contributed by atoms with Crippen molar-refractivity contribution in [1.29, 1.82) is 0 Å². The van der Waals surface area contributed by atoms with Gasteiger partial charge in [0.2, 0.25) is 5.91 Å². The van der Waals surface area contributed by atoms with Crippen molar-refractivity contribution >= 4 is 46.8 Å². The average molecular weight is 547 g/mol. The molecule has 3 fully saturated rings. The molecule has 3 saturated heterocycles. The Morgan fingerprint density at radius 3 is 2.70 bits per heavy atom. The molecule has 4 rings (SSSR count). The molecule has 0 radical (unpaired) electrons. The molecule has 0 saturated carbocycles. The lowest BCUT2D eigenvalue weighted by Crippen LogP contribution is -2.59. The number of hydrogen-bond donors (Lipinski definition) is 1. The third-order valence-electron chi connectivity index (χ3n) is 8.05. The van der Waals surface area contributed by atoms with Gasteiger partial charge in [-0.3, -0.25) is 14.4 Å². The topological polar surface area (TPSA) is 87.1 Å². The Bertz CT molecular complexity index is 1080. The van der Waals surface area contributed by atoms with Gasteiger partial charge in [-0.05, 0) is 37.3 Å². The summed E-state index contributed by atoms with van der Waals surface area (Å²) < 4.78 is 4.74. The largest absolute Gasteiger partial charge is 0.465 e. The number of rotatable bonds is 11. The second-order valence-corrected chi connectivity index (χ2v) is 11.9. The third-order valence-corrected chi connectivity index (χ3v) is 10.4. The Morgan fingerprint density at radius 2 is 2.08 bits per heavy atom. The number of benzene rings is 1. The van der Waals surface area contributed by atoms with Gasteiger partial charge in [-0.2, -0.15) is 0 Å². The molecule has 3 aliphatic rings. The molecule has 0 aliphatic carbocycles. The fraction of sp³-hybridized carbons (Fsp3) is 0.536. The minimum absolute atomic E-state index is 0.000602. The average Bonchev–Trinajstić information content (AvgIpc) is 3.48. The summed E-state index contributed by atoms with van der Waals surface area (Å²) in [5, 5.41) is 10.6. The molecule has 1 N–H and O–H groups in total. The first-order valence-electron chi connectivity index (χ1n) is 12.8. The summed E-state index contributed by atoms with van der Waals surface area (Å²) in [6.07, 6.45) is 5.01. The lowest BCUT2D eigenvalue weighted by molar-refractivity contribution is -0.154. The maximum atomic E-state index is 14.5. The van der Waals surface area contributed by atoms with Crippen molar-refractivity contribution in [3.8, 4) is 0 Å². The van der Waals surface area contributed by atoms with Gasteiger partial charge < -0.3 is 19.6 Å². The molecule has 1 aromatic rings. The van der Waals surface area contributed by atoms with E-state index in [1.165, 1.54) is 0 Å². The summed E-state index contributed by atoms with van der Waals surface area (Å²) in [7, 11) is 0. The van der Waals surface area contributed by atoms with Crippen LogP contribution in [0.25, 0.3) is 0 Å². The predicted molar refractivity (Wildman–Crippen MR) is 146 cm³/mol. The van der Waals surface area contributed by atoms with Crippen LogP contribution in [-0.2, 0) is 19.1 Å². The zero-order valence-electron chi connectivity index (χ0n) is 21.3. The van der Waals surface area contributed by atoms with Crippen LogP contribution in [0.15, 0.2) is 49.6 Å². The normalized spacial score (nSPS) is 30.6. The first kappa shape index (κ1) is 27.7. The molecule has 7 atom stereocenters. The molecular formula is C28H35ClN2O5S. The standard InChI is InChI=1S/C28H35ClN2O5S/c1-5-8-14-36-27(35)22-21-15-17(4)28(37-21)23(22)25(33)31(18(7-3)16-32)24(28)26(34)30(13-6-2)20-12-10-9-11-19(20)29/h5-6,9-12,17-18,21-24,32H,1-2,7-8,13-16H2,3-4H3/t17?,18-,21+,22-,23-,24?,28?/m0/s1. The molecule has 2 bridgehead atoms. The Hall–Kier alpha value is -2.29. The highest BCUT2D eigenvalue weighted by Crippen LogP contribution is 2.69. The summed E-state index contributed by atoms with van der Waals surface area (Å²) in [5.41, 5.74) is 0.531. The smallest absolute Gasteiger partial charge is 0.310 e. The van der Waals surface area contributed by atoms with Crippen molar-refractivity contribution in [3.63, 3.8) is 0 Å². The number of hydrogen-bond acceptors (Lipinski definition) is 6. The quantitative estimate of drug-likeness (QED) is 0.256. The number of aliphatic hydroxyl groups is 1. The number of anilines is 1. The summed E-state index contributed by atoms with van der Waals surface area (Å²) in [5.74, 6) is -2.27. The molecule has 3 heterocycles. The van der Waals surface area contributed by atoms with E-state index >= 15 is 0 Å². The molecule has 37 heavy (non-hydrogen) atoms. The summed E-state index contributed by atoms with van der Waals surface area (Å²) in [6, 6.07) is 5.66. The van der Waals surface area contributed by atoms with Gasteiger partial charge in [0.05, 0.1) is 46.5 Å². The van der Waals surface area contributed by atoms with Crippen molar-refractivity contribution in [2.45, 2.75) is 55.2 Å². The molecular weight excluding hydrogens is 512 g/mol. The second kappa shape index (κ2) is 11.2. The van der Waals surface area contributed by atoms with E-state index in [-0.39, 0.29) is 42.7 Å². The van der Waals surface area contributed by atoms with E-state index in [2.05, 4.69) is 20.1 Å². The Labute approximate surface area is 227 Å². The van der Waals surface area contributed by atoms with Crippen LogP contribution in [0.4, 0.5) is 5.69 Å². The Morgan fingerprint density at radius 1 is 1.35 bits per heavy atom. The van der Waals surface area contributed by atoms with E-state index in [0.29, 0.717) is 30.0 Å². The fourth-order valence-corrected chi connectivity index (χ4v) is 9.04. The minimum Gasteiger partial charge on any atom is -0.465 e. The van der Waals surface area contributed by atoms with Crippen LogP contribution >= 0.6 is 23.4 Å². The van der Waals surface area contributed by atoms with Gasteiger partial charge in [-0.15, -0.1) is 24.9 Å². The number of aliphatic hydroxyl groups excluding tert-OH is 1. The van der Waals surface area contributed by atoms with Crippen LogP contribution in [0.5, 0.6) is 0 Å². The van der Waals surface area contributed by atoms with E-state index < -0.39 is 34.6 Å². The zero-order chi connectivity index (χ0) is 26.9. The highest BCUT2D eigenvalue weighted by atomic mass is 35.5. The number of carbonyl (C=O) groups is 3. The number of esters is 1. The summed E-state index contributed by atoms with van der Waals surface area (Å²) >= 11 is 8.09. The molecule has 0 aromatic heterocycles. The van der Waals surface area contributed by atoms with E-state index in [1.807, 2.05) is 6.92 Å². The van der Waals surface area contributed by atoms with Gasteiger partial charge in [-0.1, -0.05) is 49.7 Å². The van der Waals surface area contributed by atoms with Crippen molar-refractivity contribution in [1.82, 2.24) is 4.90 Å². The first-order chi connectivity index (χ1) is 17.8. The van der Waals surface area contributed by atoms with Gasteiger partial charge in [0, 0.05) is 11.8 Å². The van der Waals surface area contributed by atoms with E-state index in [0.717, 1.165) is 0 Å². The molecule has 1 spiro atoms. The number of ether oxygens (including phenoxy) is 1. The Kier molecular flexibility index (Phi) is 8.41. The minimum atomic E-state index is -0.866. The number of thioether (sulfide) groups is 1. The van der Waals surface area contributed by atoms with Crippen LogP contribution in [-0.4, -0.2) is 69.6 Å². The maximum absolute atomic E-state index is 14.5. The lowest BCUT2D eigenvalue weighted by Gasteiger charge is -2.42. The van der Waals surface area contributed by atoms with Crippen molar-refractivity contribution in [2.75, 3.05) is 24.7 Å². The summed E-state index contributed by atoms with van der Waals surface area (Å²) in [4.78, 5) is 45.1. The van der Waals surface area contributed by atoms with Crippen LogP contribution in [0.1, 0.15) is 33.1 Å². The van der Waals surface area contributed by atoms with Gasteiger partial charge in [0.15, 0.2) is 0 Å². The molecule has 7 nitrogen and oxygen atoms in total. The zero-order valence-corrected chi connectivity index (χ0v) is 22.9. The van der Waals surface area contributed by atoms with Gasteiger partial charge in [0.25, 0.3) is 5.91 Å². The SMILES string of the molecule is C=CCCOC(=O)[C@@H]1[C@H]2C(=O)N([C@@H](CC)CO)C(C(=O)N(CC=C)c3ccccc3Cl)C23S[C@@H]1CC3C. The fourth-order valence-electron chi connectivity index (χ4n) is 6.41. The molecule has 3 unspecified atom stereocenters. The van der Waals surface area contributed by atoms with Crippen molar-refractivity contribution < 1.29 is 24.2 Å².